The van der Waals surface area contributed by atoms with Gasteiger partial charge in [-0.25, -0.2) is 4.98 Å². The largest absolute Gasteiger partial charge is 0.337 e. The molecular weight excluding hydrogens is 464 g/mol. The first-order chi connectivity index (χ1) is 18.4. The third kappa shape index (κ3) is 5.60. The quantitative estimate of drug-likeness (QED) is 0.257. The van der Waals surface area contributed by atoms with Gasteiger partial charge in [-0.15, -0.1) is 13.2 Å². The van der Waals surface area contributed by atoms with E-state index in [-0.39, 0.29) is 6.17 Å². The lowest BCUT2D eigenvalue weighted by molar-refractivity contribution is 0.728. The summed E-state index contributed by atoms with van der Waals surface area (Å²) in [5, 5.41) is 0. The average molecular weight is 507 g/mol. The van der Waals surface area contributed by atoms with Gasteiger partial charge >= 0.3 is 0 Å². The molecule has 1 aromatic heterocycles. The van der Waals surface area contributed by atoms with E-state index in [4.69, 9.17) is 0 Å². The van der Waals surface area contributed by atoms with Crippen LogP contribution in [0.2, 0.25) is 0 Å². The van der Waals surface area contributed by atoms with Crippen molar-refractivity contribution in [1.82, 2.24) is 4.98 Å². The topological polar surface area (TPSA) is 22.6 Å². The Morgan fingerprint density at radius 1 is 0.763 bits per heavy atom. The highest BCUT2D eigenvalue weighted by Gasteiger charge is 2.33. The molecule has 0 fully saturated rings. The molecule has 5 rings (SSSR count). The van der Waals surface area contributed by atoms with Gasteiger partial charge in [0.05, 0.1) is 5.69 Å². The zero-order valence-electron chi connectivity index (χ0n) is 24.1. The zero-order valence-corrected chi connectivity index (χ0v) is 24.1. The third-order valence-corrected chi connectivity index (χ3v) is 6.72. The Morgan fingerprint density at radius 2 is 1.32 bits per heavy atom. The standard InChI is InChI=1S/C29H30N4.C3H8.C2H4/c1-20-11-6-8-13-25(20)33(26-14-9-7-12-21(26)2)24-17-16-22(3)28(19-24)32-23(4)31(5)29-27(32)15-10-18-30-29;1-3-2;1-2/h6-19,23H,1-5H3;3H2,1-2H3;1-2H2. The summed E-state index contributed by atoms with van der Waals surface area (Å²) in [6.45, 7) is 19.0. The van der Waals surface area contributed by atoms with Crippen LogP contribution in [0.25, 0.3) is 0 Å². The van der Waals surface area contributed by atoms with E-state index in [9.17, 15) is 0 Å². The van der Waals surface area contributed by atoms with Crippen molar-refractivity contribution >= 4 is 34.3 Å². The van der Waals surface area contributed by atoms with Crippen molar-refractivity contribution in [3.05, 3.63) is 115 Å². The van der Waals surface area contributed by atoms with Gasteiger partial charge < -0.3 is 14.7 Å². The van der Waals surface area contributed by atoms with Gasteiger partial charge in [0.2, 0.25) is 0 Å². The molecule has 4 aromatic rings. The molecule has 0 bridgehead atoms. The molecule has 38 heavy (non-hydrogen) atoms. The molecule has 1 aliphatic rings. The van der Waals surface area contributed by atoms with E-state index in [0.717, 1.165) is 17.2 Å². The van der Waals surface area contributed by atoms with Gasteiger partial charge in [0.1, 0.15) is 6.17 Å². The van der Waals surface area contributed by atoms with E-state index in [1.54, 1.807) is 0 Å². The minimum absolute atomic E-state index is 0.175. The van der Waals surface area contributed by atoms with E-state index in [1.165, 1.54) is 40.2 Å². The maximum atomic E-state index is 4.65. The third-order valence-electron chi connectivity index (χ3n) is 6.72. The monoisotopic (exact) mass is 506 g/mol. The Balaban J connectivity index is 0.000000748. The molecule has 0 spiro atoms. The van der Waals surface area contributed by atoms with Crippen molar-refractivity contribution in [2.45, 2.75) is 54.1 Å². The number of pyridine rings is 1. The molecule has 0 aliphatic carbocycles. The van der Waals surface area contributed by atoms with Gasteiger partial charge in [-0.2, -0.15) is 0 Å². The van der Waals surface area contributed by atoms with Crippen LogP contribution in [-0.4, -0.2) is 18.2 Å². The number of aryl methyl sites for hydroxylation is 3. The maximum Gasteiger partial charge on any atom is 0.153 e. The number of anilines is 6. The highest BCUT2D eigenvalue weighted by atomic mass is 15.4. The predicted octanol–water partition coefficient (Wildman–Crippen LogP) is 9.63. The molecule has 4 nitrogen and oxygen atoms in total. The highest BCUT2D eigenvalue weighted by molar-refractivity contribution is 5.86. The van der Waals surface area contributed by atoms with Crippen LogP contribution in [0.5, 0.6) is 0 Å². The van der Waals surface area contributed by atoms with Crippen molar-refractivity contribution in [3.8, 4) is 0 Å². The van der Waals surface area contributed by atoms with Crippen molar-refractivity contribution in [1.29, 1.82) is 0 Å². The second-order valence-corrected chi connectivity index (χ2v) is 9.55. The summed E-state index contributed by atoms with van der Waals surface area (Å²) in [5.41, 5.74) is 9.59. The van der Waals surface area contributed by atoms with Crippen molar-refractivity contribution in [2.24, 2.45) is 0 Å². The molecule has 1 aliphatic heterocycles. The number of para-hydroxylation sites is 2. The second kappa shape index (κ2) is 13.0. The number of hydrogen-bond donors (Lipinski definition) is 0. The molecule has 1 unspecified atom stereocenters. The van der Waals surface area contributed by atoms with Crippen molar-refractivity contribution in [2.75, 3.05) is 21.7 Å². The van der Waals surface area contributed by atoms with E-state index in [0.29, 0.717) is 0 Å². The number of hydrogen-bond acceptors (Lipinski definition) is 4. The van der Waals surface area contributed by atoms with Crippen LogP contribution < -0.4 is 14.7 Å². The average Bonchev–Trinajstić information content (AvgIpc) is 3.18. The zero-order chi connectivity index (χ0) is 27.8. The van der Waals surface area contributed by atoms with Gasteiger partial charge in [0, 0.05) is 36.0 Å². The minimum Gasteiger partial charge on any atom is -0.337 e. The van der Waals surface area contributed by atoms with E-state index in [1.807, 2.05) is 12.3 Å². The summed E-state index contributed by atoms with van der Waals surface area (Å²) in [7, 11) is 2.11. The lowest BCUT2D eigenvalue weighted by Gasteiger charge is -2.32. The molecule has 0 radical (unpaired) electrons. The predicted molar refractivity (Wildman–Crippen MR) is 167 cm³/mol. The number of fused-ring (bicyclic) bond motifs is 1. The minimum atomic E-state index is 0.175. The van der Waals surface area contributed by atoms with Gasteiger partial charge in [0.25, 0.3) is 0 Å². The molecular formula is C34H42N4. The lowest BCUT2D eigenvalue weighted by Crippen LogP contribution is -2.36. The summed E-state index contributed by atoms with van der Waals surface area (Å²) in [5.74, 6) is 1.02. The van der Waals surface area contributed by atoms with Crippen LogP contribution in [0.15, 0.2) is 98.2 Å². The van der Waals surface area contributed by atoms with E-state index < -0.39 is 0 Å². The van der Waals surface area contributed by atoms with Crippen LogP contribution in [0.4, 0.5) is 34.3 Å². The Labute approximate surface area is 229 Å². The number of rotatable bonds is 4. The molecule has 4 heteroatoms. The molecule has 0 saturated carbocycles. The van der Waals surface area contributed by atoms with Gasteiger partial charge in [-0.3, -0.25) is 0 Å². The Kier molecular flexibility index (Phi) is 9.72. The van der Waals surface area contributed by atoms with Gasteiger partial charge in [-0.1, -0.05) is 62.7 Å². The fraction of sp³-hybridized carbons (Fsp3) is 0.265. The van der Waals surface area contributed by atoms with Crippen molar-refractivity contribution < 1.29 is 0 Å². The van der Waals surface area contributed by atoms with Crippen LogP contribution in [0, 0.1) is 20.8 Å². The second-order valence-electron chi connectivity index (χ2n) is 9.55. The summed E-state index contributed by atoms with van der Waals surface area (Å²) in [6, 6.07) is 28.1. The first-order valence-corrected chi connectivity index (χ1v) is 13.4. The summed E-state index contributed by atoms with van der Waals surface area (Å²) in [6.07, 6.45) is 3.29. The fourth-order valence-corrected chi connectivity index (χ4v) is 4.76. The van der Waals surface area contributed by atoms with E-state index in [2.05, 4.69) is 154 Å². The molecule has 3 aromatic carbocycles. The Bertz CT molecular complexity index is 1300. The first-order valence-electron chi connectivity index (χ1n) is 13.4. The van der Waals surface area contributed by atoms with Crippen LogP contribution in [0.1, 0.15) is 43.9 Å². The first kappa shape index (κ1) is 28.5. The van der Waals surface area contributed by atoms with Crippen LogP contribution in [0.3, 0.4) is 0 Å². The highest BCUT2D eigenvalue weighted by Crippen LogP contribution is 2.45. The summed E-state index contributed by atoms with van der Waals surface area (Å²) < 4.78 is 0. The van der Waals surface area contributed by atoms with Gasteiger partial charge in [-0.05, 0) is 80.8 Å². The Hall–Kier alpha value is -4.05. The Morgan fingerprint density at radius 3 is 1.87 bits per heavy atom. The lowest BCUT2D eigenvalue weighted by atomic mass is 10.1. The number of benzene rings is 3. The van der Waals surface area contributed by atoms with Crippen LogP contribution >= 0.6 is 0 Å². The van der Waals surface area contributed by atoms with Crippen LogP contribution in [-0.2, 0) is 0 Å². The number of aromatic nitrogens is 1. The smallest absolute Gasteiger partial charge is 0.153 e. The molecule has 0 saturated heterocycles. The fourth-order valence-electron chi connectivity index (χ4n) is 4.76. The molecule has 2 heterocycles. The van der Waals surface area contributed by atoms with Gasteiger partial charge in [0.15, 0.2) is 5.82 Å². The summed E-state index contributed by atoms with van der Waals surface area (Å²) in [4.78, 5) is 11.7. The number of nitrogens with zero attached hydrogens (tertiary/aromatic N) is 4. The maximum absolute atomic E-state index is 4.65. The van der Waals surface area contributed by atoms with E-state index >= 15 is 0 Å². The normalized spacial score (nSPS) is 13.6. The summed E-state index contributed by atoms with van der Waals surface area (Å²) >= 11 is 0. The molecule has 1 atom stereocenters. The molecule has 198 valence electrons. The molecule has 0 N–H and O–H groups in total. The SMILES string of the molecule is C=C.CCC.Cc1ccccc1N(c1ccc(C)c(N2c3cccnc3N(C)C2C)c1)c1ccccc1C. The van der Waals surface area contributed by atoms with Crippen molar-refractivity contribution in [3.63, 3.8) is 0 Å². The molecule has 0 amide bonds.